The molecule has 0 spiro atoms. The predicted octanol–water partition coefficient (Wildman–Crippen LogP) is 29.8. The first-order valence-corrected chi connectivity index (χ1v) is 45.6. The van der Waals surface area contributed by atoms with Crippen molar-refractivity contribution in [2.24, 2.45) is 0 Å². The minimum absolute atomic E-state index is 0.682. The van der Waals surface area contributed by atoms with Crippen LogP contribution in [0.3, 0.4) is 0 Å². The second-order valence-corrected chi connectivity index (χ2v) is 31.5. The van der Waals surface area contributed by atoms with Crippen molar-refractivity contribution >= 4 is 0 Å². The van der Waals surface area contributed by atoms with Crippen molar-refractivity contribution in [2.75, 3.05) is 39.6 Å². The fraction of sp³-hybridized carbons (Fsp3) is 0.771. The molecule has 0 bridgehead atoms. The van der Waals surface area contributed by atoms with E-state index in [4.69, 9.17) is 28.4 Å². The van der Waals surface area contributed by atoms with Crippen molar-refractivity contribution in [3.63, 3.8) is 0 Å². The Morgan fingerprint density at radius 3 is 0.519 bits per heavy atom. The Morgan fingerprint density at radius 2 is 0.346 bits per heavy atom. The van der Waals surface area contributed by atoms with E-state index in [-0.39, 0.29) is 0 Å². The fourth-order valence-corrected chi connectivity index (χ4v) is 14.7. The topological polar surface area (TPSA) is 63.1 Å². The maximum Gasteiger partial charge on any atom is 0.203 e. The molecule has 4 aromatic rings. The van der Waals surface area contributed by atoms with E-state index in [1.807, 2.05) is 0 Å². The van der Waals surface area contributed by atoms with Gasteiger partial charge in [-0.3, -0.25) is 0 Å². The fourth-order valence-electron chi connectivity index (χ4n) is 14.7. The van der Waals surface area contributed by atoms with Gasteiger partial charge in [0.05, 0.1) is 39.6 Å². The van der Waals surface area contributed by atoms with Gasteiger partial charge in [-0.1, -0.05) is 388 Å². The van der Waals surface area contributed by atoms with E-state index in [2.05, 4.69) is 124 Å². The predicted molar refractivity (Wildman–Crippen MR) is 447 cm³/mol. The van der Waals surface area contributed by atoms with Gasteiger partial charge in [-0.05, 0) is 73.9 Å². The number of unbranched alkanes of at least 4 members (excludes halogenated alkanes) is 54. The number of aromatic nitrogens is 2. The first kappa shape index (κ1) is 91.9. The van der Waals surface area contributed by atoms with Crippen molar-refractivity contribution in [3.05, 3.63) is 84.4 Å². The quantitative estimate of drug-likeness (QED) is 0.0324. The molecular weight excluding hydrogens is 1280 g/mol. The molecule has 8 nitrogen and oxygen atoms in total. The van der Waals surface area contributed by atoms with Gasteiger partial charge in [-0.15, -0.1) is 0 Å². The molecule has 0 atom stereocenters. The van der Waals surface area contributed by atoms with Gasteiger partial charge in [-0.2, -0.15) is 0 Å². The molecule has 0 unspecified atom stereocenters. The number of hydrogen-bond acceptors (Lipinski definition) is 6. The van der Waals surface area contributed by atoms with Crippen LogP contribution >= 0.6 is 0 Å². The third kappa shape index (κ3) is 48.1. The first-order chi connectivity index (χ1) is 51.5. The molecule has 2 aromatic carbocycles. The largest absolute Gasteiger partial charge is 0.490 e. The van der Waals surface area contributed by atoms with E-state index in [1.54, 1.807) is 0 Å². The molecule has 0 N–H and O–H groups in total. The van der Waals surface area contributed by atoms with Crippen molar-refractivity contribution in [1.82, 2.24) is 0 Å². The highest BCUT2D eigenvalue weighted by atomic mass is 16.5. The van der Waals surface area contributed by atoms with Crippen molar-refractivity contribution < 1.29 is 37.6 Å². The van der Waals surface area contributed by atoms with Crippen LogP contribution in [0.15, 0.2) is 73.3 Å². The minimum atomic E-state index is 0.682. The van der Waals surface area contributed by atoms with Crippen LogP contribution in [0.25, 0.3) is 11.1 Å². The molecule has 2 aromatic heterocycles. The molecule has 0 fully saturated rings. The zero-order valence-corrected chi connectivity index (χ0v) is 69.4. The Morgan fingerprint density at radius 1 is 0.192 bits per heavy atom. The normalized spacial score (nSPS) is 11.5. The zero-order valence-electron chi connectivity index (χ0n) is 69.4. The lowest BCUT2D eigenvalue weighted by Crippen LogP contribution is -2.33. The Hall–Kier alpha value is -4.46. The lowest BCUT2D eigenvalue weighted by atomic mass is 10.1. The number of nitrogens with zero attached hydrogens (tertiary/aromatic N) is 2. The van der Waals surface area contributed by atoms with Crippen molar-refractivity contribution in [1.29, 1.82) is 0 Å². The first-order valence-electron chi connectivity index (χ1n) is 45.6. The summed E-state index contributed by atoms with van der Waals surface area (Å²) in [5.41, 5.74) is 4.72. The molecule has 0 aliphatic rings. The lowest BCUT2D eigenvalue weighted by molar-refractivity contribution is -0.688. The van der Waals surface area contributed by atoms with E-state index in [1.165, 1.54) is 369 Å². The van der Waals surface area contributed by atoms with Crippen molar-refractivity contribution in [2.45, 2.75) is 440 Å². The smallest absolute Gasteiger partial charge is 0.203 e. The van der Waals surface area contributed by atoms with Gasteiger partial charge in [0.1, 0.15) is 0 Å². The SMILES string of the molecule is CCCCCCCCCCCCOc1cc(C[n+]2ccc(-c3cc[n+](Cc4cc(OCCCCCCCCCCCC)c(OCCCCCCCCCCCC)c(OCCCCCCCCCCCC)c4)cc3)cc2)cc(OCCCCCCCCCCCC)c1OCCCCCCCCCCCC. The molecule has 2 heterocycles. The second-order valence-electron chi connectivity index (χ2n) is 31.5. The summed E-state index contributed by atoms with van der Waals surface area (Å²) in [5.74, 6) is 4.94. The van der Waals surface area contributed by atoms with E-state index in [0.29, 0.717) is 52.7 Å². The van der Waals surface area contributed by atoms with Crippen LogP contribution in [0.2, 0.25) is 0 Å². The van der Waals surface area contributed by atoms with Crippen LogP contribution in [-0.4, -0.2) is 39.6 Å². The molecule has 0 radical (unpaired) electrons. The van der Waals surface area contributed by atoms with Crippen LogP contribution in [0.1, 0.15) is 438 Å². The minimum Gasteiger partial charge on any atom is -0.490 e. The molecule has 0 amide bonds. The second kappa shape index (κ2) is 67.9. The number of hydrogen-bond donors (Lipinski definition) is 0. The number of ether oxygens (including phenoxy) is 6. The van der Waals surface area contributed by atoms with Gasteiger partial charge in [0.15, 0.2) is 60.9 Å². The number of benzene rings is 2. The number of rotatable bonds is 77. The molecule has 104 heavy (non-hydrogen) atoms. The monoisotopic (exact) mass is 1440 g/mol. The van der Waals surface area contributed by atoms with Gasteiger partial charge in [0.2, 0.25) is 11.5 Å². The Labute approximate surface area is 643 Å². The molecule has 0 aliphatic carbocycles. The molecular formula is C96H166N2O6+2. The van der Waals surface area contributed by atoms with Crippen LogP contribution in [0.4, 0.5) is 0 Å². The summed E-state index contributed by atoms with van der Waals surface area (Å²) in [6, 6.07) is 18.0. The summed E-state index contributed by atoms with van der Waals surface area (Å²) >= 11 is 0. The third-order valence-electron chi connectivity index (χ3n) is 21.5. The highest BCUT2D eigenvalue weighted by molar-refractivity contribution is 5.61. The van der Waals surface area contributed by atoms with Crippen molar-refractivity contribution in [3.8, 4) is 45.6 Å². The molecule has 0 saturated heterocycles. The lowest BCUT2D eigenvalue weighted by Gasteiger charge is -2.19. The molecule has 0 aliphatic heterocycles. The highest BCUT2D eigenvalue weighted by Gasteiger charge is 2.21. The van der Waals surface area contributed by atoms with Gasteiger partial charge >= 0.3 is 0 Å². The van der Waals surface area contributed by atoms with Gasteiger partial charge < -0.3 is 28.4 Å². The third-order valence-corrected chi connectivity index (χ3v) is 21.5. The maximum absolute atomic E-state index is 6.82. The molecule has 8 heteroatoms. The maximum atomic E-state index is 6.82. The van der Waals surface area contributed by atoms with Crippen LogP contribution in [-0.2, 0) is 13.1 Å². The zero-order chi connectivity index (χ0) is 73.7. The van der Waals surface area contributed by atoms with E-state index >= 15 is 0 Å². The van der Waals surface area contributed by atoms with E-state index in [0.717, 1.165) is 73.0 Å². The van der Waals surface area contributed by atoms with Gasteiger partial charge in [0.25, 0.3) is 0 Å². The summed E-state index contributed by atoms with van der Waals surface area (Å²) < 4.78 is 45.5. The average Bonchev–Trinajstić information content (AvgIpc) is 0.824. The van der Waals surface area contributed by atoms with E-state index in [9.17, 15) is 0 Å². The molecule has 0 saturated carbocycles. The Bertz CT molecular complexity index is 2250. The van der Waals surface area contributed by atoms with Gasteiger partial charge in [-0.25, -0.2) is 9.13 Å². The molecule has 594 valence electrons. The summed E-state index contributed by atoms with van der Waals surface area (Å²) in [6.45, 7) is 19.4. The van der Waals surface area contributed by atoms with Crippen LogP contribution < -0.4 is 37.6 Å². The number of pyridine rings is 2. The summed E-state index contributed by atoms with van der Waals surface area (Å²) in [6.07, 6.45) is 87.1. The summed E-state index contributed by atoms with van der Waals surface area (Å²) in [7, 11) is 0. The average molecular weight is 1440 g/mol. The van der Waals surface area contributed by atoms with Crippen LogP contribution in [0, 0.1) is 0 Å². The Kier molecular flexibility index (Phi) is 60.0. The van der Waals surface area contributed by atoms with Gasteiger partial charge in [0, 0.05) is 35.4 Å². The molecule has 4 rings (SSSR count). The standard InChI is InChI=1S/C96H166N2O6/c1-7-13-19-25-31-37-43-49-55-61-75-99-91-81-87(82-92(100-76-62-56-50-44-38-32-26-20-14-8-2)95(91)103-79-65-59-53-47-41-35-29-23-17-11-5)85-97-71-67-89(68-72-97)90-69-73-98(74-70-90)86-88-83-93(101-77-63-57-51-45-39-33-27-21-15-9-3)96(104-80-66-60-54-48-42-36-30-24-18-12-6)94(84-88)102-78-64-58-52-46-40-34-28-22-16-10-4/h67-74,81-84H,7-66,75-80,85-86H2,1-6H3/q+2. The van der Waals surface area contributed by atoms with Crippen LogP contribution in [0.5, 0.6) is 34.5 Å². The Balaban J connectivity index is 1.53. The summed E-state index contributed by atoms with van der Waals surface area (Å²) in [5, 5.41) is 0. The summed E-state index contributed by atoms with van der Waals surface area (Å²) in [4.78, 5) is 0. The van der Waals surface area contributed by atoms with E-state index < -0.39 is 0 Å². The highest BCUT2D eigenvalue weighted by Crippen LogP contribution is 2.42.